The highest BCUT2D eigenvalue weighted by atomic mass is 32.2. The molecule has 0 saturated carbocycles. The lowest BCUT2D eigenvalue weighted by molar-refractivity contribution is -0.127. The molecular weight excluding hydrogens is 502 g/mol. The SMILES string of the molecule is Cc1cccc(NC(=O)COc2ccc(/C=C3/SC(=O)N(CC(=O)Nc4cc(C)ccc4C)C3=O)cc2)c1. The first-order valence-corrected chi connectivity index (χ1v) is 12.7. The van der Waals surface area contributed by atoms with Crippen LogP contribution in [0.5, 0.6) is 5.75 Å². The Labute approximate surface area is 225 Å². The number of hydrogen-bond acceptors (Lipinski definition) is 6. The average Bonchev–Trinajstić information content (AvgIpc) is 3.13. The van der Waals surface area contributed by atoms with Crippen LogP contribution in [0.1, 0.15) is 22.3 Å². The minimum Gasteiger partial charge on any atom is -0.484 e. The molecule has 1 fully saturated rings. The predicted molar refractivity (Wildman–Crippen MR) is 149 cm³/mol. The fourth-order valence-corrected chi connectivity index (χ4v) is 4.56. The van der Waals surface area contributed by atoms with Crippen LogP contribution in [0.15, 0.2) is 71.6 Å². The number of hydrogen-bond donors (Lipinski definition) is 2. The van der Waals surface area contributed by atoms with Crippen molar-refractivity contribution in [1.29, 1.82) is 0 Å². The van der Waals surface area contributed by atoms with E-state index in [4.69, 9.17) is 4.74 Å². The molecule has 1 heterocycles. The Bertz CT molecular complexity index is 1430. The van der Waals surface area contributed by atoms with E-state index in [1.807, 2.05) is 57.2 Å². The molecule has 3 aromatic carbocycles. The van der Waals surface area contributed by atoms with E-state index in [0.29, 0.717) is 22.7 Å². The zero-order valence-corrected chi connectivity index (χ0v) is 22.1. The second-order valence-electron chi connectivity index (χ2n) is 8.91. The van der Waals surface area contributed by atoms with E-state index in [9.17, 15) is 19.2 Å². The van der Waals surface area contributed by atoms with Crippen molar-refractivity contribution in [2.75, 3.05) is 23.8 Å². The Hall–Kier alpha value is -4.37. The largest absolute Gasteiger partial charge is 0.484 e. The van der Waals surface area contributed by atoms with Crippen LogP contribution < -0.4 is 15.4 Å². The number of carbonyl (C=O) groups is 4. The normalized spacial score (nSPS) is 14.1. The number of rotatable bonds is 8. The highest BCUT2D eigenvalue weighted by molar-refractivity contribution is 8.18. The summed E-state index contributed by atoms with van der Waals surface area (Å²) in [5, 5.41) is 5.05. The number of ether oxygens (including phenoxy) is 1. The Morgan fingerprint density at radius 2 is 1.63 bits per heavy atom. The van der Waals surface area contributed by atoms with Gasteiger partial charge in [-0.15, -0.1) is 0 Å². The van der Waals surface area contributed by atoms with Crippen molar-refractivity contribution in [1.82, 2.24) is 4.90 Å². The Morgan fingerprint density at radius 1 is 0.895 bits per heavy atom. The van der Waals surface area contributed by atoms with E-state index in [1.54, 1.807) is 36.4 Å². The molecule has 194 valence electrons. The lowest BCUT2D eigenvalue weighted by Gasteiger charge is -2.14. The summed E-state index contributed by atoms with van der Waals surface area (Å²) in [6.45, 7) is 5.20. The summed E-state index contributed by atoms with van der Waals surface area (Å²) in [5.41, 5.74) is 4.93. The van der Waals surface area contributed by atoms with Crippen LogP contribution in [0.4, 0.5) is 16.2 Å². The van der Waals surface area contributed by atoms with Gasteiger partial charge in [-0.3, -0.25) is 24.1 Å². The van der Waals surface area contributed by atoms with Gasteiger partial charge in [-0.2, -0.15) is 0 Å². The number of benzene rings is 3. The molecule has 0 aliphatic carbocycles. The van der Waals surface area contributed by atoms with Gasteiger partial charge in [-0.1, -0.05) is 36.4 Å². The van der Waals surface area contributed by atoms with Gasteiger partial charge in [0.2, 0.25) is 5.91 Å². The third kappa shape index (κ3) is 6.89. The van der Waals surface area contributed by atoms with E-state index in [1.165, 1.54) is 0 Å². The number of anilines is 2. The predicted octanol–water partition coefficient (Wildman–Crippen LogP) is 5.30. The molecule has 0 aromatic heterocycles. The number of nitrogens with zero attached hydrogens (tertiary/aromatic N) is 1. The first kappa shape index (κ1) is 26.7. The van der Waals surface area contributed by atoms with Crippen molar-refractivity contribution in [3.63, 3.8) is 0 Å². The summed E-state index contributed by atoms with van der Waals surface area (Å²) in [5.74, 6) is -0.771. The van der Waals surface area contributed by atoms with E-state index in [-0.39, 0.29) is 24.0 Å². The van der Waals surface area contributed by atoms with Crippen molar-refractivity contribution in [2.24, 2.45) is 0 Å². The summed E-state index contributed by atoms with van der Waals surface area (Å²) in [6.07, 6.45) is 1.59. The van der Waals surface area contributed by atoms with Crippen molar-refractivity contribution in [3.05, 3.63) is 93.9 Å². The number of imide groups is 1. The molecule has 1 aliphatic rings. The van der Waals surface area contributed by atoms with Gasteiger partial charge in [-0.25, -0.2) is 0 Å². The molecule has 2 N–H and O–H groups in total. The van der Waals surface area contributed by atoms with Crippen molar-refractivity contribution in [3.8, 4) is 5.75 Å². The molecular formula is C29H27N3O5S. The molecule has 4 amide bonds. The van der Waals surface area contributed by atoms with Crippen LogP contribution in [0.25, 0.3) is 6.08 Å². The van der Waals surface area contributed by atoms with Gasteiger partial charge >= 0.3 is 0 Å². The number of aryl methyl sites for hydroxylation is 3. The average molecular weight is 530 g/mol. The maximum atomic E-state index is 12.8. The summed E-state index contributed by atoms with van der Waals surface area (Å²) in [4.78, 5) is 51.1. The van der Waals surface area contributed by atoms with E-state index < -0.39 is 17.1 Å². The molecule has 0 unspecified atom stereocenters. The fraction of sp³-hybridized carbons (Fsp3) is 0.172. The molecule has 4 rings (SSSR count). The van der Waals surface area contributed by atoms with Crippen LogP contribution >= 0.6 is 11.8 Å². The molecule has 1 aliphatic heterocycles. The third-order valence-corrected chi connectivity index (χ3v) is 6.60. The van der Waals surface area contributed by atoms with Gasteiger partial charge in [0.05, 0.1) is 4.91 Å². The number of thioether (sulfide) groups is 1. The molecule has 0 bridgehead atoms. The summed E-state index contributed by atoms with van der Waals surface area (Å²) < 4.78 is 5.55. The minimum atomic E-state index is -0.524. The van der Waals surface area contributed by atoms with Crippen LogP contribution in [-0.2, 0) is 14.4 Å². The molecule has 0 spiro atoms. The highest BCUT2D eigenvalue weighted by Crippen LogP contribution is 2.32. The third-order valence-electron chi connectivity index (χ3n) is 5.69. The van der Waals surface area contributed by atoms with Crippen molar-refractivity contribution < 1.29 is 23.9 Å². The monoisotopic (exact) mass is 529 g/mol. The Balaban J connectivity index is 1.32. The van der Waals surface area contributed by atoms with Crippen LogP contribution in [-0.4, -0.2) is 41.0 Å². The lowest BCUT2D eigenvalue weighted by atomic mass is 10.1. The minimum absolute atomic E-state index is 0.156. The van der Waals surface area contributed by atoms with E-state index in [2.05, 4.69) is 10.6 Å². The number of carbonyl (C=O) groups excluding carboxylic acids is 4. The van der Waals surface area contributed by atoms with Gasteiger partial charge < -0.3 is 15.4 Å². The molecule has 1 saturated heterocycles. The molecule has 0 radical (unpaired) electrons. The zero-order chi connectivity index (χ0) is 27.2. The molecule has 0 atom stereocenters. The summed E-state index contributed by atoms with van der Waals surface area (Å²) in [6, 6.07) is 19.9. The first-order chi connectivity index (χ1) is 18.2. The molecule has 3 aromatic rings. The molecule has 38 heavy (non-hydrogen) atoms. The van der Waals surface area contributed by atoms with Gasteiger partial charge in [0.25, 0.3) is 17.1 Å². The first-order valence-electron chi connectivity index (χ1n) is 11.9. The Morgan fingerprint density at radius 3 is 2.37 bits per heavy atom. The van der Waals surface area contributed by atoms with Gasteiger partial charge in [0.15, 0.2) is 6.61 Å². The maximum Gasteiger partial charge on any atom is 0.294 e. The van der Waals surface area contributed by atoms with E-state index >= 15 is 0 Å². The second-order valence-corrected chi connectivity index (χ2v) is 9.90. The van der Waals surface area contributed by atoms with Gasteiger partial charge in [0, 0.05) is 11.4 Å². The fourth-order valence-electron chi connectivity index (χ4n) is 3.72. The topological polar surface area (TPSA) is 105 Å². The van der Waals surface area contributed by atoms with Gasteiger partial charge in [0.1, 0.15) is 12.3 Å². The van der Waals surface area contributed by atoms with E-state index in [0.717, 1.165) is 33.4 Å². The second kappa shape index (κ2) is 11.8. The number of nitrogens with one attached hydrogen (secondary N) is 2. The highest BCUT2D eigenvalue weighted by Gasteiger charge is 2.36. The maximum absolute atomic E-state index is 12.8. The smallest absolute Gasteiger partial charge is 0.294 e. The zero-order valence-electron chi connectivity index (χ0n) is 21.2. The van der Waals surface area contributed by atoms with Crippen LogP contribution in [0.3, 0.4) is 0 Å². The van der Waals surface area contributed by atoms with Crippen LogP contribution in [0, 0.1) is 20.8 Å². The lowest BCUT2D eigenvalue weighted by Crippen LogP contribution is -2.36. The quantitative estimate of drug-likeness (QED) is 0.384. The number of amides is 4. The summed E-state index contributed by atoms with van der Waals surface area (Å²) in [7, 11) is 0. The van der Waals surface area contributed by atoms with Crippen molar-refractivity contribution >= 4 is 52.2 Å². The van der Waals surface area contributed by atoms with Crippen molar-refractivity contribution in [2.45, 2.75) is 20.8 Å². The standard InChI is InChI=1S/C29H27N3O5S/c1-18-5-4-6-22(13-18)30-27(34)17-37-23-11-9-21(10-12-23)15-25-28(35)32(29(36)38-25)16-26(33)31-24-14-19(2)7-8-20(24)3/h4-15H,16-17H2,1-3H3,(H,30,34)(H,31,33)/b25-15+. The Kier molecular flexibility index (Phi) is 8.28. The molecule has 8 nitrogen and oxygen atoms in total. The summed E-state index contributed by atoms with van der Waals surface area (Å²) >= 11 is 0.785. The van der Waals surface area contributed by atoms with Gasteiger partial charge in [-0.05, 0) is 91.2 Å². The van der Waals surface area contributed by atoms with Crippen LogP contribution in [0.2, 0.25) is 0 Å². The molecule has 9 heteroatoms.